The van der Waals surface area contributed by atoms with E-state index in [1.807, 2.05) is 0 Å². The lowest BCUT2D eigenvalue weighted by Crippen LogP contribution is -2.12. The number of hydrogen-bond acceptors (Lipinski definition) is 1. The molecule has 2 rings (SSSR count). The van der Waals surface area contributed by atoms with Gasteiger partial charge >= 0.3 is 0 Å². The molecule has 0 saturated heterocycles. The van der Waals surface area contributed by atoms with Crippen LogP contribution in [0.1, 0.15) is 18.5 Å². The molecule has 1 unspecified atom stereocenters. The zero-order chi connectivity index (χ0) is 14.9. The SMILES string of the molecule is CC(Nc1cc(F)c(F)cc1F)c1c(F)cccc1F. The van der Waals surface area contributed by atoms with Crippen LogP contribution in [0.3, 0.4) is 0 Å². The monoisotopic (exact) mass is 287 g/mol. The lowest BCUT2D eigenvalue weighted by molar-refractivity contribution is 0.495. The maximum Gasteiger partial charge on any atom is 0.161 e. The van der Waals surface area contributed by atoms with E-state index < -0.39 is 35.1 Å². The molecule has 0 heterocycles. The Balaban J connectivity index is 2.33. The van der Waals surface area contributed by atoms with E-state index in [1.165, 1.54) is 13.0 Å². The van der Waals surface area contributed by atoms with Crippen LogP contribution < -0.4 is 5.32 Å². The molecule has 1 atom stereocenters. The largest absolute Gasteiger partial charge is 0.376 e. The Hall–Kier alpha value is -2.11. The fraction of sp³-hybridized carbons (Fsp3) is 0.143. The first-order valence-electron chi connectivity index (χ1n) is 5.75. The molecule has 0 radical (unpaired) electrons. The molecule has 1 nitrogen and oxygen atoms in total. The molecule has 20 heavy (non-hydrogen) atoms. The normalized spacial score (nSPS) is 12.3. The third-order valence-electron chi connectivity index (χ3n) is 2.81. The van der Waals surface area contributed by atoms with Gasteiger partial charge in [0, 0.05) is 17.7 Å². The van der Waals surface area contributed by atoms with Gasteiger partial charge in [-0.3, -0.25) is 0 Å². The summed E-state index contributed by atoms with van der Waals surface area (Å²) in [6.45, 7) is 1.38. The van der Waals surface area contributed by atoms with E-state index in [1.54, 1.807) is 0 Å². The van der Waals surface area contributed by atoms with Crippen LogP contribution in [0.4, 0.5) is 27.6 Å². The van der Waals surface area contributed by atoms with E-state index >= 15 is 0 Å². The van der Waals surface area contributed by atoms with Gasteiger partial charge in [0.1, 0.15) is 17.5 Å². The molecule has 0 spiro atoms. The van der Waals surface area contributed by atoms with Gasteiger partial charge in [-0.25, -0.2) is 22.0 Å². The van der Waals surface area contributed by atoms with Gasteiger partial charge in [0.05, 0.1) is 11.7 Å². The quantitative estimate of drug-likeness (QED) is 0.645. The van der Waals surface area contributed by atoms with Gasteiger partial charge in [-0.1, -0.05) is 6.07 Å². The van der Waals surface area contributed by atoms with Crippen LogP contribution >= 0.6 is 0 Å². The van der Waals surface area contributed by atoms with Crippen LogP contribution in [-0.4, -0.2) is 0 Å². The predicted octanol–water partition coefficient (Wildman–Crippen LogP) is 4.56. The average Bonchev–Trinajstić information content (AvgIpc) is 2.35. The van der Waals surface area contributed by atoms with Crippen molar-refractivity contribution in [2.24, 2.45) is 0 Å². The molecule has 6 heteroatoms. The summed E-state index contributed by atoms with van der Waals surface area (Å²) >= 11 is 0. The smallest absolute Gasteiger partial charge is 0.161 e. The highest BCUT2D eigenvalue weighted by molar-refractivity contribution is 5.47. The summed E-state index contributed by atoms with van der Waals surface area (Å²) in [4.78, 5) is 0. The Labute approximate surface area is 112 Å². The maximum absolute atomic E-state index is 13.5. The van der Waals surface area contributed by atoms with Crippen LogP contribution in [0.5, 0.6) is 0 Å². The Kier molecular flexibility index (Phi) is 3.92. The van der Waals surface area contributed by atoms with Gasteiger partial charge in [0.15, 0.2) is 11.6 Å². The van der Waals surface area contributed by atoms with Gasteiger partial charge in [-0.15, -0.1) is 0 Å². The van der Waals surface area contributed by atoms with Crippen molar-refractivity contribution in [2.45, 2.75) is 13.0 Å². The van der Waals surface area contributed by atoms with Crippen molar-refractivity contribution in [2.75, 3.05) is 5.32 Å². The molecular formula is C14H10F5N. The van der Waals surface area contributed by atoms with Crippen LogP contribution in [0.15, 0.2) is 30.3 Å². The molecule has 0 aliphatic heterocycles. The van der Waals surface area contributed by atoms with E-state index in [9.17, 15) is 22.0 Å². The fourth-order valence-electron chi connectivity index (χ4n) is 1.86. The molecular weight excluding hydrogens is 277 g/mol. The average molecular weight is 287 g/mol. The molecule has 2 aromatic carbocycles. The fourth-order valence-corrected chi connectivity index (χ4v) is 1.86. The first kappa shape index (κ1) is 14.3. The number of rotatable bonds is 3. The molecule has 0 aliphatic rings. The zero-order valence-corrected chi connectivity index (χ0v) is 10.4. The van der Waals surface area contributed by atoms with E-state index in [0.717, 1.165) is 12.1 Å². The summed E-state index contributed by atoms with van der Waals surface area (Å²) in [5.41, 5.74) is -0.685. The summed E-state index contributed by atoms with van der Waals surface area (Å²) in [5.74, 6) is -5.26. The van der Waals surface area contributed by atoms with Crippen molar-refractivity contribution in [3.63, 3.8) is 0 Å². The van der Waals surface area contributed by atoms with Gasteiger partial charge in [-0.05, 0) is 19.1 Å². The van der Waals surface area contributed by atoms with Crippen LogP contribution in [0, 0.1) is 29.1 Å². The zero-order valence-electron chi connectivity index (χ0n) is 10.4. The molecule has 0 saturated carbocycles. The molecule has 0 aliphatic carbocycles. The third kappa shape index (κ3) is 2.74. The lowest BCUT2D eigenvalue weighted by atomic mass is 10.1. The second-order valence-electron chi connectivity index (χ2n) is 4.25. The Morgan fingerprint density at radius 1 is 0.800 bits per heavy atom. The standard InChI is InChI=1S/C14H10F5N/c1-7(14-8(15)3-2-4-9(14)16)20-13-6-11(18)10(17)5-12(13)19/h2-7,20H,1H3. The summed E-state index contributed by atoms with van der Waals surface area (Å²) in [6.07, 6.45) is 0. The van der Waals surface area contributed by atoms with E-state index in [4.69, 9.17) is 0 Å². The Morgan fingerprint density at radius 2 is 1.35 bits per heavy atom. The minimum absolute atomic E-state index is 0.309. The Morgan fingerprint density at radius 3 is 1.95 bits per heavy atom. The minimum Gasteiger partial charge on any atom is -0.376 e. The van der Waals surface area contributed by atoms with Crippen molar-refractivity contribution >= 4 is 5.69 Å². The van der Waals surface area contributed by atoms with Crippen molar-refractivity contribution < 1.29 is 22.0 Å². The summed E-state index contributed by atoms with van der Waals surface area (Å²) in [6, 6.07) is 3.30. The molecule has 1 N–H and O–H groups in total. The number of hydrogen-bond donors (Lipinski definition) is 1. The van der Waals surface area contributed by atoms with Crippen LogP contribution in [0.2, 0.25) is 0 Å². The van der Waals surface area contributed by atoms with Gasteiger partial charge in [0.2, 0.25) is 0 Å². The molecule has 0 aromatic heterocycles. The van der Waals surface area contributed by atoms with Crippen molar-refractivity contribution in [1.29, 1.82) is 0 Å². The van der Waals surface area contributed by atoms with E-state index in [-0.39, 0.29) is 11.3 Å². The number of benzene rings is 2. The summed E-state index contributed by atoms with van der Waals surface area (Å²) in [5, 5.41) is 2.41. The second kappa shape index (κ2) is 5.48. The molecule has 2 aromatic rings. The highest BCUT2D eigenvalue weighted by Gasteiger charge is 2.18. The number of halogens is 5. The Bertz CT molecular complexity index is 621. The first-order valence-corrected chi connectivity index (χ1v) is 5.75. The first-order chi connectivity index (χ1) is 9.40. The van der Waals surface area contributed by atoms with Crippen molar-refractivity contribution in [3.8, 4) is 0 Å². The van der Waals surface area contributed by atoms with Crippen LogP contribution in [0.25, 0.3) is 0 Å². The van der Waals surface area contributed by atoms with Gasteiger partial charge in [-0.2, -0.15) is 0 Å². The summed E-state index contributed by atoms with van der Waals surface area (Å²) < 4.78 is 66.4. The second-order valence-corrected chi connectivity index (χ2v) is 4.25. The summed E-state index contributed by atoms with van der Waals surface area (Å²) in [7, 11) is 0. The highest BCUT2D eigenvalue weighted by atomic mass is 19.2. The van der Waals surface area contributed by atoms with Crippen LogP contribution in [-0.2, 0) is 0 Å². The minimum atomic E-state index is -1.34. The third-order valence-corrected chi connectivity index (χ3v) is 2.81. The highest BCUT2D eigenvalue weighted by Crippen LogP contribution is 2.26. The predicted molar refractivity (Wildman–Crippen MR) is 64.7 cm³/mol. The van der Waals surface area contributed by atoms with E-state index in [0.29, 0.717) is 12.1 Å². The van der Waals surface area contributed by atoms with Crippen molar-refractivity contribution in [1.82, 2.24) is 0 Å². The molecule has 0 fully saturated rings. The van der Waals surface area contributed by atoms with E-state index in [2.05, 4.69) is 5.32 Å². The molecule has 0 amide bonds. The number of anilines is 1. The maximum atomic E-state index is 13.5. The lowest BCUT2D eigenvalue weighted by Gasteiger charge is -2.17. The van der Waals surface area contributed by atoms with Gasteiger partial charge < -0.3 is 5.32 Å². The van der Waals surface area contributed by atoms with Crippen molar-refractivity contribution in [3.05, 3.63) is 65.0 Å². The topological polar surface area (TPSA) is 12.0 Å². The van der Waals surface area contributed by atoms with Gasteiger partial charge in [0.25, 0.3) is 0 Å². The molecule has 106 valence electrons. The number of nitrogens with one attached hydrogen (secondary N) is 1. The molecule has 0 bridgehead atoms.